The highest BCUT2D eigenvalue weighted by Gasteiger charge is 2.44. The Hall–Kier alpha value is -3.91. The van der Waals surface area contributed by atoms with Gasteiger partial charge in [-0.25, -0.2) is 0 Å². The van der Waals surface area contributed by atoms with Crippen LogP contribution < -0.4 is 4.90 Å². The van der Waals surface area contributed by atoms with Gasteiger partial charge in [0, 0.05) is 41.6 Å². The molecule has 1 saturated carbocycles. The van der Waals surface area contributed by atoms with Gasteiger partial charge in [0.25, 0.3) is 0 Å². The third-order valence-electron chi connectivity index (χ3n) is 10.7. The van der Waals surface area contributed by atoms with E-state index in [-0.39, 0.29) is 10.8 Å². The van der Waals surface area contributed by atoms with E-state index in [2.05, 4.69) is 148 Å². The number of hydrogen-bond donors (Lipinski definition) is 0. The molecule has 7 rings (SSSR count). The smallest absolute Gasteiger partial charge is 0.210 e. The molecule has 2 nitrogen and oxygen atoms in total. The van der Waals surface area contributed by atoms with E-state index in [9.17, 15) is 0 Å². The first-order valence-corrected chi connectivity index (χ1v) is 16.2. The Morgan fingerprint density at radius 1 is 0.767 bits per heavy atom. The average Bonchev–Trinajstić information content (AvgIpc) is 3.34. The van der Waals surface area contributed by atoms with Crippen molar-refractivity contribution in [3.05, 3.63) is 119 Å². The fraction of sp³-hybridized carbons (Fsp3) is 0.341. The lowest BCUT2D eigenvalue weighted by atomic mass is 9.78. The summed E-state index contributed by atoms with van der Waals surface area (Å²) in [6.07, 6.45) is 16.4. The monoisotopic (exact) mass is 565 g/mol. The predicted octanol–water partition coefficient (Wildman–Crippen LogP) is 10.4. The quantitative estimate of drug-likeness (QED) is 0.176. The third-order valence-corrected chi connectivity index (χ3v) is 10.7. The van der Waals surface area contributed by atoms with Crippen molar-refractivity contribution in [1.29, 1.82) is 0 Å². The summed E-state index contributed by atoms with van der Waals surface area (Å²) in [5.74, 6) is 0.610. The van der Waals surface area contributed by atoms with Gasteiger partial charge >= 0.3 is 0 Å². The topological polar surface area (TPSA) is 6.25 Å². The van der Waals surface area contributed by atoms with Crippen LogP contribution in [0, 0.1) is 5.92 Å². The van der Waals surface area contributed by atoms with Gasteiger partial charge in [-0.15, -0.1) is 0 Å². The minimum Gasteiger partial charge on any atom is -0.347 e. The largest absolute Gasteiger partial charge is 0.347 e. The first-order valence-electron chi connectivity index (χ1n) is 16.2. The van der Waals surface area contributed by atoms with Crippen molar-refractivity contribution in [2.45, 2.75) is 70.6 Å². The van der Waals surface area contributed by atoms with Crippen LogP contribution in [0.2, 0.25) is 0 Å². The summed E-state index contributed by atoms with van der Waals surface area (Å²) in [5, 5.41) is 5.37. The molecule has 2 heteroatoms. The lowest BCUT2D eigenvalue weighted by Gasteiger charge is -2.25. The molecular formula is C41H45N2+. The molecule has 0 unspecified atom stereocenters. The van der Waals surface area contributed by atoms with Gasteiger partial charge in [-0.3, -0.25) is 0 Å². The lowest BCUT2D eigenvalue weighted by Crippen LogP contribution is -2.27. The van der Waals surface area contributed by atoms with E-state index in [0.717, 1.165) is 0 Å². The maximum atomic E-state index is 2.46. The highest BCUT2D eigenvalue weighted by atomic mass is 15.2. The van der Waals surface area contributed by atoms with E-state index >= 15 is 0 Å². The van der Waals surface area contributed by atoms with Crippen molar-refractivity contribution < 1.29 is 4.58 Å². The molecule has 0 atom stereocenters. The number of allylic oxidation sites excluding steroid dienone is 6. The molecule has 2 aliphatic heterocycles. The van der Waals surface area contributed by atoms with Crippen LogP contribution in [0.1, 0.15) is 70.9 Å². The Balaban J connectivity index is 1.29. The number of hydrogen-bond acceptors (Lipinski definition) is 1. The van der Waals surface area contributed by atoms with Gasteiger partial charge < -0.3 is 4.90 Å². The van der Waals surface area contributed by atoms with Crippen LogP contribution >= 0.6 is 0 Å². The summed E-state index contributed by atoms with van der Waals surface area (Å²) in [5.41, 5.74) is 9.59. The van der Waals surface area contributed by atoms with E-state index in [1.807, 2.05) is 0 Å². The van der Waals surface area contributed by atoms with E-state index in [4.69, 9.17) is 0 Å². The molecule has 0 saturated heterocycles. The molecule has 0 bridgehead atoms. The number of rotatable bonds is 4. The second-order valence-corrected chi connectivity index (χ2v) is 14.0. The Morgan fingerprint density at radius 3 is 2.09 bits per heavy atom. The molecule has 0 aromatic heterocycles. The molecule has 0 spiro atoms. The number of likely N-dealkylation sites (N-methyl/N-ethyl adjacent to an activating group) is 1. The zero-order valence-corrected chi connectivity index (χ0v) is 26.7. The second kappa shape index (κ2) is 10.4. The Morgan fingerprint density at radius 2 is 1.40 bits per heavy atom. The molecular weight excluding hydrogens is 520 g/mol. The Bertz CT molecular complexity index is 1870. The molecule has 0 N–H and O–H groups in total. The van der Waals surface area contributed by atoms with E-state index in [1.165, 1.54) is 93.1 Å². The van der Waals surface area contributed by atoms with Crippen LogP contribution in [0.4, 0.5) is 11.4 Å². The zero-order valence-electron chi connectivity index (χ0n) is 26.7. The molecule has 0 amide bonds. The van der Waals surface area contributed by atoms with Crippen molar-refractivity contribution in [1.82, 2.24) is 0 Å². The van der Waals surface area contributed by atoms with Crippen LogP contribution in [0.5, 0.6) is 0 Å². The van der Waals surface area contributed by atoms with Crippen LogP contribution in [-0.4, -0.2) is 24.4 Å². The van der Waals surface area contributed by atoms with Crippen molar-refractivity contribution in [2.75, 3.05) is 19.0 Å². The van der Waals surface area contributed by atoms with Crippen LogP contribution in [0.15, 0.2) is 108 Å². The van der Waals surface area contributed by atoms with Gasteiger partial charge in [-0.2, -0.15) is 4.58 Å². The molecule has 1 aliphatic carbocycles. The highest BCUT2D eigenvalue weighted by molar-refractivity contribution is 6.07. The van der Waals surface area contributed by atoms with Gasteiger partial charge in [0.2, 0.25) is 5.69 Å². The fourth-order valence-corrected chi connectivity index (χ4v) is 8.50. The standard InChI is InChI=1S/C41H45N2/c1-40(2)36(42(5)34-24-20-30-16-10-12-18-32(30)38(34)40)26-22-29(28-14-8-7-9-15-28)23-27-37-41(3,4)39-33-19-13-11-17-31(33)21-25-35(39)43(37)6/h10-13,16-28H,7-9,14-15H2,1-6H3/q+1. The number of anilines is 1. The zero-order chi connectivity index (χ0) is 29.9. The average molecular weight is 566 g/mol. The minimum atomic E-state index is -0.0754. The summed E-state index contributed by atoms with van der Waals surface area (Å²) < 4.78 is 2.42. The maximum absolute atomic E-state index is 2.46. The number of benzene rings is 4. The Kier molecular flexibility index (Phi) is 6.73. The van der Waals surface area contributed by atoms with Crippen LogP contribution in [-0.2, 0) is 10.8 Å². The fourth-order valence-electron chi connectivity index (χ4n) is 8.50. The molecule has 0 radical (unpaired) electrons. The van der Waals surface area contributed by atoms with Crippen LogP contribution in [0.25, 0.3) is 21.5 Å². The van der Waals surface area contributed by atoms with E-state index in [1.54, 1.807) is 0 Å². The minimum absolute atomic E-state index is 0.0754. The number of fused-ring (bicyclic) bond motifs is 6. The maximum Gasteiger partial charge on any atom is 0.210 e. The van der Waals surface area contributed by atoms with Gasteiger partial charge in [0.15, 0.2) is 5.71 Å². The van der Waals surface area contributed by atoms with Gasteiger partial charge in [0.05, 0.1) is 5.41 Å². The van der Waals surface area contributed by atoms with E-state index < -0.39 is 0 Å². The van der Waals surface area contributed by atoms with E-state index in [0.29, 0.717) is 5.92 Å². The summed E-state index contributed by atoms with van der Waals surface area (Å²) in [4.78, 5) is 2.42. The predicted molar refractivity (Wildman–Crippen MR) is 185 cm³/mol. The summed E-state index contributed by atoms with van der Waals surface area (Å²) >= 11 is 0. The SMILES string of the molecule is CN1C(=CC=C(C=CC2=[N+](C)c3ccc4ccccc4c3C2(C)C)C2CCCCC2)C(C)(C)c2c1ccc1ccccc21. The van der Waals surface area contributed by atoms with Gasteiger partial charge in [-0.1, -0.05) is 99.9 Å². The van der Waals surface area contributed by atoms with Crippen LogP contribution in [0.3, 0.4) is 0 Å². The molecule has 4 aromatic rings. The van der Waals surface area contributed by atoms with Gasteiger partial charge in [-0.05, 0) is 83.5 Å². The summed E-state index contributed by atoms with van der Waals surface area (Å²) in [6.45, 7) is 9.58. The number of nitrogens with zero attached hydrogens (tertiary/aromatic N) is 2. The molecule has 2 heterocycles. The first kappa shape index (κ1) is 27.9. The normalized spacial score (nSPS) is 21.0. The van der Waals surface area contributed by atoms with Crippen molar-refractivity contribution in [3.8, 4) is 0 Å². The first-order chi connectivity index (χ1) is 20.7. The summed E-state index contributed by atoms with van der Waals surface area (Å²) in [7, 11) is 4.48. The molecule has 1 fully saturated rings. The Labute approximate surface area is 257 Å². The van der Waals surface area contributed by atoms with Gasteiger partial charge in [0.1, 0.15) is 7.05 Å². The molecule has 4 aromatic carbocycles. The molecule has 43 heavy (non-hydrogen) atoms. The highest BCUT2D eigenvalue weighted by Crippen LogP contribution is 2.50. The summed E-state index contributed by atoms with van der Waals surface area (Å²) in [6, 6.07) is 26.8. The second-order valence-electron chi connectivity index (χ2n) is 14.0. The van der Waals surface area contributed by atoms with Crippen molar-refractivity contribution in [3.63, 3.8) is 0 Å². The molecule has 218 valence electrons. The van der Waals surface area contributed by atoms with Crippen molar-refractivity contribution >= 4 is 38.6 Å². The van der Waals surface area contributed by atoms with Crippen molar-refractivity contribution in [2.24, 2.45) is 5.92 Å². The third kappa shape index (κ3) is 4.41. The molecule has 3 aliphatic rings. The lowest BCUT2D eigenvalue weighted by molar-refractivity contribution is -0.401.